The maximum atomic E-state index is 12.4. The SMILES string of the molecule is CC(C)N1CCc2cc(C(=N)NC(=S)Nc3nccnc3N(C)C(=O)OC(C)(C)C)ncc21. The molecule has 0 spiro atoms. The van der Waals surface area contributed by atoms with Crippen LogP contribution in [0.4, 0.5) is 22.1 Å². The molecule has 3 N–H and O–H groups in total. The molecule has 0 fully saturated rings. The number of amidine groups is 1. The lowest BCUT2D eigenvalue weighted by Crippen LogP contribution is -2.37. The molecule has 0 saturated carbocycles. The number of hydrogen-bond acceptors (Lipinski definition) is 8. The Hall–Kier alpha value is -3.34. The highest BCUT2D eigenvalue weighted by atomic mass is 32.1. The van der Waals surface area contributed by atoms with Crippen LogP contribution in [0.25, 0.3) is 0 Å². The lowest BCUT2D eigenvalue weighted by Gasteiger charge is -2.25. The predicted molar refractivity (Wildman–Crippen MR) is 133 cm³/mol. The highest BCUT2D eigenvalue weighted by Gasteiger charge is 2.25. The Balaban J connectivity index is 1.68. The largest absolute Gasteiger partial charge is 0.443 e. The summed E-state index contributed by atoms with van der Waals surface area (Å²) in [6, 6.07) is 2.31. The van der Waals surface area contributed by atoms with E-state index >= 15 is 0 Å². The topological polar surface area (TPSA) is 119 Å². The molecule has 2 aromatic rings. The van der Waals surface area contributed by atoms with Crippen LogP contribution in [-0.2, 0) is 11.2 Å². The summed E-state index contributed by atoms with van der Waals surface area (Å²) in [7, 11) is 1.54. The Morgan fingerprint density at radius 3 is 2.64 bits per heavy atom. The van der Waals surface area contributed by atoms with Crippen LogP contribution in [0.5, 0.6) is 0 Å². The Morgan fingerprint density at radius 1 is 1.27 bits per heavy atom. The Kier molecular flexibility index (Phi) is 7.11. The highest BCUT2D eigenvalue weighted by molar-refractivity contribution is 7.80. The Labute approximate surface area is 199 Å². The van der Waals surface area contributed by atoms with Crippen molar-refractivity contribution in [2.45, 2.75) is 52.7 Å². The number of aromatic nitrogens is 3. The molecular formula is C22H30N8O2S. The van der Waals surface area contributed by atoms with Crippen molar-refractivity contribution < 1.29 is 9.53 Å². The summed E-state index contributed by atoms with van der Waals surface area (Å²) in [4.78, 5) is 28.9. The van der Waals surface area contributed by atoms with E-state index in [0.29, 0.717) is 11.7 Å². The number of thiocarbonyl (C=S) groups is 1. The van der Waals surface area contributed by atoms with Crippen molar-refractivity contribution in [1.29, 1.82) is 5.41 Å². The molecule has 176 valence electrons. The molecule has 11 heteroatoms. The molecule has 3 heterocycles. The number of carbonyl (C=O) groups is 1. The molecule has 0 aliphatic carbocycles. The van der Waals surface area contributed by atoms with Gasteiger partial charge in [-0.1, -0.05) is 0 Å². The van der Waals surface area contributed by atoms with Crippen LogP contribution < -0.4 is 20.4 Å². The summed E-state index contributed by atoms with van der Waals surface area (Å²) in [5.41, 5.74) is 2.11. The molecule has 0 saturated heterocycles. The van der Waals surface area contributed by atoms with E-state index in [1.54, 1.807) is 27.0 Å². The Bertz CT molecular complexity index is 1070. The summed E-state index contributed by atoms with van der Waals surface area (Å²) >= 11 is 5.36. The maximum Gasteiger partial charge on any atom is 0.415 e. The van der Waals surface area contributed by atoms with E-state index in [9.17, 15) is 4.79 Å². The van der Waals surface area contributed by atoms with Crippen molar-refractivity contribution in [3.05, 3.63) is 35.9 Å². The van der Waals surface area contributed by atoms with Gasteiger partial charge in [-0.05, 0) is 64.9 Å². The first-order chi connectivity index (χ1) is 15.5. The van der Waals surface area contributed by atoms with Gasteiger partial charge in [0.15, 0.2) is 22.6 Å². The summed E-state index contributed by atoms with van der Waals surface area (Å²) in [5.74, 6) is 0.557. The molecular weight excluding hydrogens is 440 g/mol. The van der Waals surface area contributed by atoms with Crippen LogP contribution in [0, 0.1) is 5.41 Å². The van der Waals surface area contributed by atoms with Crippen LogP contribution in [-0.4, -0.2) is 57.2 Å². The second-order valence-electron chi connectivity index (χ2n) is 8.96. The van der Waals surface area contributed by atoms with Gasteiger partial charge in [0.2, 0.25) is 0 Å². The van der Waals surface area contributed by atoms with Crippen LogP contribution >= 0.6 is 12.2 Å². The van der Waals surface area contributed by atoms with E-state index in [-0.39, 0.29) is 22.6 Å². The average Bonchev–Trinajstić information content (AvgIpc) is 3.16. The number of rotatable bonds is 4. The van der Waals surface area contributed by atoms with E-state index < -0.39 is 11.7 Å². The van der Waals surface area contributed by atoms with E-state index in [4.69, 9.17) is 22.4 Å². The van der Waals surface area contributed by atoms with Gasteiger partial charge < -0.3 is 20.3 Å². The number of anilines is 3. The van der Waals surface area contributed by atoms with Gasteiger partial charge >= 0.3 is 6.09 Å². The zero-order chi connectivity index (χ0) is 24.3. The first kappa shape index (κ1) is 24.3. The fourth-order valence-corrected chi connectivity index (χ4v) is 3.58. The molecule has 1 aliphatic rings. The molecule has 0 aromatic carbocycles. The normalized spacial score (nSPS) is 12.9. The van der Waals surface area contributed by atoms with Crippen molar-refractivity contribution in [2.75, 3.05) is 28.7 Å². The van der Waals surface area contributed by atoms with E-state index in [1.807, 2.05) is 6.07 Å². The van der Waals surface area contributed by atoms with Crippen LogP contribution in [0.2, 0.25) is 0 Å². The zero-order valence-electron chi connectivity index (χ0n) is 19.8. The molecule has 33 heavy (non-hydrogen) atoms. The van der Waals surface area contributed by atoms with Gasteiger partial charge in [0.1, 0.15) is 11.3 Å². The second kappa shape index (κ2) is 9.65. The number of amides is 1. The number of hydrogen-bond donors (Lipinski definition) is 3. The number of fused-ring (bicyclic) bond motifs is 1. The van der Waals surface area contributed by atoms with Gasteiger partial charge in [-0.2, -0.15) is 0 Å². The molecule has 0 bridgehead atoms. The van der Waals surface area contributed by atoms with Crippen molar-refractivity contribution in [1.82, 2.24) is 20.3 Å². The van der Waals surface area contributed by atoms with Crippen LogP contribution in [0.3, 0.4) is 0 Å². The minimum Gasteiger partial charge on any atom is -0.443 e. The molecule has 10 nitrogen and oxygen atoms in total. The molecule has 1 aliphatic heterocycles. The lowest BCUT2D eigenvalue weighted by molar-refractivity contribution is 0.0588. The fourth-order valence-electron chi connectivity index (χ4n) is 3.38. The smallest absolute Gasteiger partial charge is 0.415 e. The van der Waals surface area contributed by atoms with Gasteiger partial charge in [-0.3, -0.25) is 15.3 Å². The standard InChI is InChI=1S/C22H30N8O2S/c1-13(2)30-10-7-14-11-15(26-12-16(14)30)17(23)27-20(33)28-18-19(25-9-8-24-18)29(6)21(31)32-22(3,4)5/h8-9,11-13H,7,10H2,1-6H3,(H3,23,24,27,28,33). The van der Waals surface area contributed by atoms with Gasteiger partial charge in [-0.15, -0.1) is 0 Å². The molecule has 0 unspecified atom stereocenters. The van der Waals surface area contributed by atoms with Crippen molar-refractivity contribution in [2.24, 2.45) is 0 Å². The Morgan fingerprint density at radius 2 is 1.97 bits per heavy atom. The third kappa shape index (κ3) is 5.92. The monoisotopic (exact) mass is 470 g/mol. The number of nitrogens with zero attached hydrogens (tertiary/aromatic N) is 5. The van der Waals surface area contributed by atoms with E-state index in [0.717, 1.165) is 24.2 Å². The summed E-state index contributed by atoms with van der Waals surface area (Å²) in [5, 5.41) is 14.3. The third-order valence-electron chi connectivity index (χ3n) is 4.91. The van der Waals surface area contributed by atoms with Crippen LogP contribution in [0.1, 0.15) is 45.9 Å². The van der Waals surface area contributed by atoms with Gasteiger partial charge in [-0.25, -0.2) is 14.8 Å². The third-order valence-corrected chi connectivity index (χ3v) is 5.12. The summed E-state index contributed by atoms with van der Waals surface area (Å²) in [6.07, 6.45) is 5.09. The average molecular weight is 471 g/mol. The quantitative estimate of drug-likeness (QED) is 0.351. The maximum absolute atomic E-state index is 12.4. The van der Waals surface area contributed by atoms with Crippen molar-refractivity contribution in [3.8, 4) is 0 Å². The summed E-state index contributed by atoms with van der Waals surface area (Å²) < 4.78 is 5.39. The second-order valence-corrected chi connectivity index (χ2v) is 9.37. The summed E-state index contributed by atoms with van der Waals surface area (Å²) in [6.45, 7) is 10.6. The molecule has 2 aromatic heterocycles. The first-order valence-corrected chi connectivity index (χ1v) is 11.1. The highest BCUT2D eigenvalue weighted by Crippen LogP contribution is 2.29. The van der Waals surface area contributed by atoms with Gasteiger partial charge in [0, 0.05) is 32.0 Å². The molecule has 0 radical (unpaired) electrons. The molecule has 3 rings (SSSR count). The number of nitrogens with one attached hydrogen (secondary N) is 3. The zero-order valence-corrected chi connectivity index (χ0v) is 20.6. The molecule has 0 atom stereocenters. The first-order valence-electron chi connectivity index (χ1n) is 10.7. The van der Waals surface area contributed by atoms with Crippen molar-refractivity contribution in [3.63, 3.8) is 0 Å². The number of carbonyl (C=O) groups excluding carboxylic acids is 1. The van der Waals surface area contributed by atoms with Crippen molar-refractivity contribution >= 4 is 46.6 Å². The van der Waals surface area contributed by atoms with Crippen LogP contribution in [0.15, 0.2) is 24.7 Å². The van der Waals surface area contributed by atoms with E-state index in [2.05, 4.69) is 44.3 Å². The number of ether oxygens (including phenoxy) is 1. The lowest BCUT2D eigenvalue weighted by atomic mass is 10.1. The minimum atomic E-state index is -0.651. The number of pyridine rings is 1. The van der Waals surface area contributed by atoms with E-state index in [1.165, 1.54) is 24.3 Å². The minimum absolute atomic E-state index is 0.0595. The van der Waals surface area contributed by atoms with Gasteiger partial charge in [0.25, 0.3) is 0 Å². The predicted octanol–water partition coefficient (Wildman–Crippen LogP) is 3.33. The molecule has 1 amide bonds. The van der Waals surface area contributed by atoms with Gasteiger partial charge in [0.05, 0.1) is 11.9 Å². The fraction of sp³-hybridized carbons (Fsp3) is 0.455.